The third kappa shape index (κ3) is 2.48. The monoisotopic (exact) mass is 248 g/mol. The number of amides is 1. The molecule has 6 heteroatoms. The van der Waals surface area contributed by atoms with Crippen molar-refractivity contribution in [2.24, 2.45) is 5.73 Å². The number of nitrogens with zero attached hydrogens (tertiary/aromatic N) is 2. The van der Waals surface area contributed by atoms with Crippen LogP contribution in [-0.4, -0.2) is 29.1 Å². The maximum Gasteiger partial charge on any atom is 0.257 e. The van der Waals surface area contributed by atoms with E-state index in [-0.39, 0.29) is 5.91 Å². The highest BCUT2D eigenvalue weighted by Crippen LogP contribution is 2.17. The van der Waals surface area contributed by atoms with Crippen LogP contribution in [-0.2, 0) is 6.42 Å². The van der Waals surface area contributed by atoms with Gasteiger partial charge in [-0.05, 0) is 25.5 Å². The van der Waals surface area contributed by atoms with Gasteiger partial charge in [0, 0.05) is 12.7 Å². The quantitative estimate of drug-likeness (QED) is 0.765. The summed E-state index contributed by atoms with van der Waals surface area (Å²) in [6, 6.07) is 1.76. The predicted molar refractivity (Wildman–Crippen MR) is 67.2 cm³/mol. The zero-order chi connectivity index (χ0) is 13.0. The minimum Gasteiger partial charge on any atom is -0.352 e. The van der Waals surface area contributed by atoms with E-state index in [1.165, 1.54) is 6.20 Å². The molecule has 0 aliphatic carbocycles. The molecule has 0 saturated carbocycles. The molecule has 0 fully saturated rings. The smallest absolute Gasteiger partial charge is 0.257 e. The maximum absolute atomic E-state index is 11.8. The van der Waals surface area contributed by atoms with E-state index >= 15 is 0 Å². The lowest BCUT2D eigenvalue weighted by Gasteiger charge is -2.03. The second-order valence-corrected chi connectivity index (χ2v) is 3.96. The van der Waals surface area contributed by atoms with Gasteiger partial charge in [-0.2, -0.15) is 0 Å². The molecule has 2 aromatic heterocycles. The van der Waals surface area contributed by atoms with E-state index in [0.717, 1.165) is 23.9 Å². The van der Waals surface area contributed by atoms with Crippen molar-refractivity contribution in [2.75, 3.05) is 13.1 Å². The lowest BCUT2D eigenvalue weighted by molar-refractivity contribution is 0.0953. The second-order valence-electron chi connectivity index (χ2n) is 3.96. The highest BCUT2D eigenvalue weighted by molar-refractivity contribution is 5.96. The zero-order valence-corrected chi connectivity index (χ0v) is 10.3. The molecule has 0 bridgehead atoms. The van der Waals surface area contributed by atoms with Gasteiger partial charge in [-0.15, -0.1) is 0 Å². The molecule has 0 spiro atoms. The molecule has 1 amide bonds. The molecule has 96 valence electrons. The van der Waals surface area contributed by atoms with Gasteiger partial charge in [0.05, 0.1) is 16.6 Å². The number of hydrogen-bond acceptors (Lipinski definition) is 5. The van der Waals surface area contributed by atoms with Gasteiger partial charge in [0.2, 0.25) is 0 Å². The normalized spacial score (nSPS) is 10.8. The fourth-order valence-electron chi connectivity index (χ4n) is 1.66. The Bertz CT molecular complexity index is 550. The molecule has 0 atom stereocenters. The molecule has 18 heavy (non-hydrogen) atoms. The van der Waals surface area contributed by atoms with Crippen molar-refractivity contribution in [3.05, 3.63) is 23.5 Å². The number of aryl methyl sites for hydroxylation is 1. The molecule has 0 saturated heterocycles. The molecule has 3 N–H and O–H groups in total. The predicted octanol–water partition coefficient (Wildman–Crippen LogP) is 0.864. The number of nitrogens with two attached hydrogens (primary N) is 1. The second kappa shape index (κ2) is 5.59. The average Bonchev–Trinajstić information content (AvgIpc) is 2.80. The van der Waals surface area contributed by atoms with E-state index in [4.69, 9.17) is 10.3 Å². The van der Waals surface area contributed by atoms with Crippen LogP contribution in [0.2, 0.25) is 0 Å². The van der Waals surface area contributed by atoms with Crippen molar-refractivity contribution in [3.8, 4) is 0 Å². The molecular weight excluding hydrogens is 232 g/mol. The number of hydrogen-bond donors (Lipinski definition) is 2. The minimum absolute atomic E-state index is 0.152. The average molecular weight is 248 g/mol. The molecule has 2 heterocycles. The first kappa shape index (κ1) is 12.5. The van der Waals surface area contributed by atoms with Crippen molar-refractivity contribution in [3.63, 3.8) is 0 Å². The van der Waals surface area contributed by atoms with Crippen molar-refractivity contribution in [1.82, 2.24) is 15.5 Å². The van der Waals surface area contributed by atoms with Crippen molar-refractivity contribution in [1.29, 1.82) is 0 Å². The van der Waals surface area contributed by atoms with Crippen molar-refractivity contribution < 1.29 is 9.32 Å². The van der Waals surface area contributed by atoms with Crippen LogP contribution >= 0.6 is 0 Å². The largest absolute Gasteiger partial charge is 0.352 e. The van der Waals surface area contributed by atoms with Crippen LogP contribution < -0.4 is 11.1 Å². The number of carbonyl (C=O) groups is 1. The Morgan fingerprint density at radius 2 is 2.39 bits per heavy atom. The summed E-state index contributed by atoms with van der Waals surface area (Å²) in [5.74, 6) is -0.152. The highest BCUT2D eigenvalue weighted by Gasteiger charge is 2.12. The summed E-state index contributed by atoms with van der Waals surface area (Å²) in [6.45, 7) is 3.10. The Morgan fingerprint density at radius 1 is 1.56 bits per heavy atom. The van der Waals surface area contributed by atoms with Gasteiger partial charge >= 0.3 is 0 Å². The van der Waals surface area contributed by atoms with E-state index in [1.54, 1.807) is 6.07 Å². The van der Waals surface area contributed by atoms with Gasteiger partial charge in [0.15, 0.2) is 0 Å². The Kier molecular flexibility index (Phi) is 3.88. The van der Waals surface area contributed by atoms with Gasteiger partial charge in [-0.1, -0.05) is 12.1 Å². The summed E-state index contributed by atoms with van der Waals surface area (Å²) >= 11 is 0. The van der Waals surface area contributed by atoms with Gasteiger partial charge in [0.1, 0.15) is 0 Å². The lowest BCUT2D eigenvalue weighted by Crippen LogP contribution is -2.26. The lowest BCUT2D eigenvalue weighted by atomic mass is 10.1. The highest BCUT2D eigenvalue weighted by atomic mass is 16.5. The van der Waals surface area contributed by atoms with Crippen LogP contribution in [0.5, 0.6) is 0 Å². The zero-order valence-electron chi connectivity index (χ0n) is 10.3. The Morgan fingerprint density at radius 3 is 3.11 bits per heavy atom. The van der Waals surface area contributed by atoms with Crippen LogP contribution in [0.4, 0.5) is 0 Å². The molecule has 0 aliphatic rings. The first-order chi connectivity index (χ1) is 8.76. The summed E-state index contributed by atoms with van der Waals surface area (Å²) in [5.41, 5.74) is 7.16. The number of carbonyl (C=O) groups excluding carboxylic acids is 1. The molecule has 0 aromatic carbocycles. The number of nitrogens with one attached hydrogen (secondary N) is 1. The summed E-state index contributed by atoms with van der Waals surface area (Å²) < 4.78 is 5.06. The summed E-state index contributed by atoms with van der Waals surface area (Å²) in [5, 5.41) is 7.48. The number of rotatable bonds is 5. The van der Waals surface area contributed by atoms with Crippen LogP contribution in [0.15, 0.2) is 16.8 Å². The van der Waals surface area contributed by atoms with E-state index < -0.39 is 0 Å². The fourth-order valence-corrected chi connectivity index (χ4v) is 1.66. The first-order valence-corrected chi connectivity index (χ1v) is 5.98. The first-order valence-electron chi connectivity index (χ1n) is 5.98. The van der Waals surface area contributed by atoms with Crippen molar-refractivity contribution in [2.45, 2.75) is 19.8 Å². The van der Waals surface area contributed by atoms with Gasteiger partial charge in [-0.25, -0.2) is 4.98 Å². The van der Waals surface area contributed by atoms with Crippen LogP contribution in [0.1, 0.15) is 29.4 Å². The molecule has 2 aromatic rings. The van der Waals surface area contributed by atoms with E-state index in [9.17, 15) is 4.79 Å². The Labute approximate surface area is 105 Å². The third-order valence-corrected chi connectivity index (χ3v) is 2.67. The molecule has 0 aliphatic heterocycles. The maximum atomic E-state index is 11.8. The Balaban J connectivity index is 2.20. The van der Waals surface area contributed by atoms with Crippen LogP contribution in [0.3, 0.4) is 0 Å². The van der Waals surface area contributed by atoms with Gasteiger partial charge in [-0.3, -0.25) is 4.79 Å². The van der Waals surface area contributed by atoms with Crippen LogP contribution in [0, 0.1) is 0 Å². The number of fused-ring (bicyclic) bond motifs is 1. The van der Waals surface area contributed by atoms with E-state index in [2.05, 4.69) is 15.5 Å². The van der Waals surface area contributed by atoms with Crippen LogP contribution in [0.25, 0.3) is 11.1 Å². The molecule has 6 nitrogen and oxygen atoms in total. The van der Waals surface area contributed by atoms with E-state index in [1.807, 2.05) is 6.92 Å². The number of pyridine rings is 1. The molecule has 0 radical (unpaired) electrons. The number of aromatic nitrogens is 2. The van der Waals surface area contributed by atoms with E-state index in [0.29, 0.717) is 24.4 Å². The topological polar surface area (TPSA) is 94.0 Å². The summed E-state index contributed by atoms with van der Waals surface area (Å²) in [7, 11) is 0. The molecule has 2 rings (SSSR count). The molecular formula is C12H16N4O2. The van der Waals surface area contributed by atoms with Gasteiger partial charge < -0.3 is 15.6 Å². The van der Waals surface area contributed by atoms with Gasteiger partial charge in [0.25, 0.3) is 11.6 Å². The standard InChI is InChI=1S/C12H16N4O2/c1-2-10-9-6-8(7-15-12(9)18-16-10)11(17)14-5-3-4-13/h6-7H,2-5,13H2,1H3,(H,14,17). The molecule has 0 unspecified atom stereocenters. The Hall–Kier alpha value is -1.95. The third-order valence-electron chi connectivity index (χ3n) is 2.67. The fraction of sp³-hybridized carbons (Fsp3) is 0.417. The summed E-state index contributed by atoms with van der Waals surface area (Å²) in [6.07, 6.45) is 2.99. The summed E-state index contributed by atoms with van der Waals surface area (Å²) in [4.78, 5) is 15.9. The minimum atomic E-state index is -0.152. The van der Waals surface area contributed by atoms with Crippen molar-refractivity contribution >= 4 is 17.0 Å². The SMILES string of the molecule is CCc1noc2ncc(C(=O)NCCCN)cc12.